The maximum atomic E-state index is 13.6. The number of halogens is 1. The van der Waals surface area contributed by atoms with Crippen LogP contribution in [0, 0.1) is 5.82 Å². The third-order valence-electron chi connectivity index (χ3n) is 3.61. The lowest BCUT2D eigenvalue weighted by Gasteiger charge is -2.28. The largest absolute Gasteiger partial charge is 0.494 e. The van der Waals surface area contributed by atoms with E-state index >= 15 is 0 Å². The molecule has 0 aliphatic carbocycles. The molecule has 2 rings (SSSR count). The summed E-state index contributed by atoms with van der Waals surface area (Å²) in [6, 6.07) is 5.75. The molecule has 19 heavy (non-hydrogen) atoms. The second-order valence-corrected chi connectivity index (χ2v) is 5.31. The maximum Gasteiger partial charge on any atom is 0.165 e. The summed E-state index contributed by atoms with van der Waals surface area (Å²) in [7, 11) is 3.57. The van der Waals surface area contributed by atoms with Gasteiger partial charge in [-0.15, -0.1) is 0 Å². The molecule has 1 atom stereocenters. The van der Waals surface area contributed by atoms with E-state index in [1.54, 1.807) is 12.1 Å². The van der Waals surface area contributed by atoms with Crippen molar-refractivity contribution >= 4 is 0 Å². The van der Waals surface area contributed by atoms with E-state index in [1.165, 1.54) is 26.4 Å². The van der Waals surface area contributed by atoms with Crippen molar-refractivity contribution < 1.29 is 9.13 Å². The second kappa shape index (κ2) is 6.87. The first kappa shape index (κ1) is 14.3. The molecule has 1 aromatic rings. The summed E-state index contributed by atoms with van der Waals surface area (Å²) in [5, 5.41) is 3.53. The summed E-state index contributed by atoms with van der Waals surface area (Å²) in [5.74, 6) is 0.0181. The third kappa shape index (κ3) is 4.18. The van der Waals surface area contributed by atoms with Gasteiger partial charge in [-0.3, -0.25) is 0 Å². The standard InChI is InChI=1S/C15H23FN2O/c1-18(11-13-5-3-4-8-17-13)10-12-6-7-15(19-2)14(16)9-12/h6-7,9,13,17H,3-5,8,10-11H2,1-2H3. The first-order valence-corrected chi connectivity index (χ1v) is 6.93. The first-order valence-electron chi connectivity index (χ1n) is 6.93. The number of nitrogens with one attached hydrogen (secondary N) is 1. The molecular weight excluding hydrogens is 243 g/mol. The van der Waals surface area contributed by atoms with E-state index in [2.05, 4.69) is 17.3 Å². The molecule has 0 bridgehead atoms. The molecule has 1 aromatic carbocycles. The SMILES string of the molecule is COc1ccc(CN(C)CC2CCCCN2)cc1F. The number of likely N-dealkylation sites (N-methyl/N-ethyl adjacent to an activating group) is 1. The quantitative estimate of drug-likeness (QED) is 0.885. The van der Waals surface area contributed by atoms with Gasteiger partial charge in [-0.1, -0.05) is 12.5 Å². The van der Waals surface area contributed by atoms with E-state index in [4.69, 9.17) is 4.74 Å². The Hall–Kier alpha value is -1.13. The lowest BCUT2D eigenvalue weighted by atomic mass is 10.0. The summed E-state index contributed by atoms with van der Waals surface area (Å²) < 4.78 is 18.5. The predicted octanol–water partition coefficient (Wildman–Crippen LogP) is 2.41. The Morgan fingerprint density at radius 2 is 2.26 bits per heavy atom. The third-order valence-corrected chi connectivity index (χ3v) is 3.61. The van der Waals surface area contributed by atoms with E-state index in [0.29, 0.717) is 11.8 Å². The fourth-order valence-corrected chi connectivity index (χ4v) is 2.64. The smallest absolute Gasteiger partial charge is 0.165 e. The van der Waals surface area contributed by atoms with Gasteiger partial charge in [0.25, 0.3) is 0 Å². The highest BCUT2D eigenvalue weighted by atomic mass is 19.1. The summed E-state index contributed by atoms with van der Waals surface area (Å²) in [4.78, 5) is 2.24. The van der Waals surface area contributed by atoms with Crippen LogP contribution in [-0.2, 0) is 6.54 Å². The molecule has 1 N–H and O–H groups in total. The van der Waals surface area contributed by atoms with E-state index in [0.717, 1.165) is 25.2 Å². The molecular formula is C15H23FN2O. The van der Waals surface area contributed by atoms with Crippen LogP contribution in [0.3, 0.4) is 0 Å². The number of ether oxygens (including phenoxy) is 1. The van der Waals surface area contributed by atoms with Crippen molar-refractivity contribution in [1.29, 1.82) is 0 Å². The van der Waals surface area contributed by atoms with Crippen LogP contribution in [0.15, 0.2) is 18.2 Å². The molecule has 0 spiro atoms. The van der Waals surface area contributed by atoms with Gasteiger partial charge in [0.2, 0.25) is 0 Å². The zero-order valence-corrected chi connectivity index (χ0v) is 11.8. The van der Waals surface area contributed by atoms with Gasteiger partial charge < -0.3 is 15.0 Å². The van der Waals surface area contributed by atoms with E-state index in [1.807, 2.05) is 6.07 Å². The second-order valence-electron chi connectivity index (χ2n) is 5.31. The monoisotopic (exact) mass is 266 g/mol. The van der Waals surface area contributed by atoms with Gasteiger partial charge in [0.1, 0.15) is 0 Å². The Kier molecular flexibility index (Phi) is 5.16. The zero-order chi connectivity index (χ0) is 13.7. The lowest BCUT2D eigenvalue weighted by Crippen LogP contribution is -2.42. The molecule has 0 aromatic heterocycles. The van der Waals surface area contributed by atoms with Gasteiger partial charge >= 0.3 is 0 Å². The summed E-state index contributed by atoms with van der Waals surface area (Å²) in [6.45, 7) is 2.89. The van der Waals surface area contributed by atoms with Crippen molar-refractivity contribution in [3.05, 3.63) is 29.6 Å². The van der Waals surface area contributed by atoms with Crippen LogP contribution in [0.1, 0.15) is 24.8 Å². The molecule has 0 radical (unpaired) electrons. The zero-order valence-electron chi connectivity index (χ0n) is 11.8. The van der Waals surface area contributed by atoms with Gasteiger partial charge in [-0.2, -0.15) is 0 Å². The molecule has 4 heteroatoms. The summed E-state index contributed by atoms with van der Waals surface area (Å²) >= 11 is 0. The fourth-order valence-electron chi connectivity index (χ4n) is 2.64. The van der Waals surface area contributed by atoms with Gasteiger partial charge in [0.05, 0.1) is 7.11 Å². The Bertz CT molecular complexity index is 405. The average molecular weight is 266 g/mol. The maximum absolute atomic E-state index is 13.6. The number of hydrogen-bond acceptors (Lipinski definition) is 3. The molecule has 106 valence electrons. The van der Waals surface area contributed by atoms with E-state index in [9.17, 15) is 4.39 Å². The molecule has 3 nitrogen and oxygen atoms in total. The number of piperidine rings is 1. The van der Waals surface area contributed by atoms with Crippen LogP contribution < -0.4 is 10.1 Å². The van der Waals surface area contributed by atoms with Crippen LogP contribution in [0.25, 0.3) is 0 Å². The predicted molar refractivity (Wildman–Crippen MR) is 74.9 cm³/mol. The average Bonchev–Trinajstić information content (AvgIpc) is 2.40. The highest BCUT2D eigenvalue weighted by Crippen LogP contribution is 2.18. The normalized spacial score (nSPS) is 19.7. The van der Waals surface area contributed by atoms with Crippen molar-refractivity contribution in [2.24, 2.45) is 0 Å². The molecule has 1 aliphatic rings. The molecule has 1 heterocycles. The number of hydrogen-bond donors (Lipinski definition) is 1. The molecule has 1 saturated heterocycles. The lowest BCUT2D eigenvalue weighted by molar-refractivity contribution is 0.256. The van der Waals surface area contributed by atoms with E-state index in [-0.39, 0.29) is 5.82 Å². The minimum atomic E-state index is -0.288. The van der Waals surface area contributed by atoms with Crippen molar-refractivity contribution in [3.63, 3.8) is 0 Å². The van der Waals surface area contributed by atoms with Crippen LogP contribution in [0.2, 0.25) is 0 Å². The number of nitrogens with zero attached hydrogens (tertiary/aromatic N) is 1. The first-order chi connectivity index (χ1) is 9.19. The Labute approximate surface area is 114 Å². The molecule has 1 aliphatic heterocycles. The van der Waals surface area contributed by atoms with Crippen molar-refractivity contribution in [3.8, 4) is 5.75 Å². The molecule has 0 saturated carbocycles. The van der Waals surface area contributed by atoms with Gasteiger partial charge in [0.15, 0.2) is 11.6 Å². The van der Waals surface area contributed by atoms with E-state index < -0.39 is 0 Å². The topological polar surface area (TPSA) is 24.5 Å². The number of rotatable bonds is 5. The number of methoxy groups -OCH3 is 1. The van der Waals surface area contributed by atoms with Crippen molar-refractivity contribution in [2.45, 2.75) is 31.8 Å². The summed E-state index contributed by atoms with van der Waals surface area (Å²) in [5.41, 5.74) is 0.983. The minimum Gasteiger partial charge on any atom is -0.494 e. The van der Waals surface area contributed by atoms with Gasteiger partial charge in [-0.05, 0) is 44.1 Å². The fraction of sp³-hybridized carbons (Fsp3) is 0.600. The highest BCUT2D eigenvalue weighted by molar-refractivity contribution is 5.29. The molecule has 0 amide bonds. The Morgan fingerprint density at radius 3 is 2.89 bits per heavy atom. The Balaban J connectivity index is 1.87. The van der Waals surface area contributed by atoms with Crippen LogP contribution in [0.5, 0.6) is 5.75 Å². The van der Waals surface area contributed by atoms with Gasteiger partial charge in [0, 0.05) is 19.1 Å². The molecule has 1 unspecified atom stereocenters. The Morgan fingerprint density at radius 1 is 1.42 bits per heavy atom. The highest BCUT2D eigenvalue weighted by Gasteiger charge is 2.15. The number of benzene rings is 1. The van der Waals surface area contributed by atoms with Crippen LogP contribution in [-0.4, -0.2) is 38.2 Å². The van der Waals surface area contributed by atoms with Crippen LogP contribution in [0.4, 0.5) is 4.39 Å². The van der Waals surface area contributed by atoms with Crippen LogP contribution >= 0.6 is 0 Å². The van der Waals surface area contributed by atoms with Crippen molar-refractivity contribution in [2.75, 3.05) is 27.2 Å². The van der Waals surface area contributed by atoms with Gasteiger partial charge in [-0.25, -0.2) is 4.39 Å². The van der Waals surface area contributed by atoms with Crippen molar-refractivity contribution in [1.82, 2.24) is 10.2 Å². The molecule has 1 fully saturated rings. The summed E-state index contributed by atoms with van der Waals surface area (Å²) in [6.07, 6.45) is 3.83. The minimum absolute atomic E-state index is 0.288.